The van der Waals surface area contributed by atoms with Gasteiger partial charge >= 0.3 is 0 Å². The summed E-state index contributed by atoms with van der Waals surface area (Å²) in [5, 5.41) is 0. The summed E-state index contributed by atoms with van der Waals surface area (Å²) < 4.78 is 0. The molecule has 0 aliphatic carbocycles. The van der Waals surface area contributed by atoms with Crippen LogP contribution in [0.1, 0.15) is 22.3 Å². The molecule has 13 heavy (non-hydrogen) atoms. The van der Waals surface area contributed by atoms with Crippen LogP contribution in [0.25, 0.3) is 0 Å². The second-order valence-electron chi connectivity index (χ2n) is 2.63. The van der Waals surface area contributed by atoms with Gasteiger partial charge in [0.05, 0.1) is 0 Å². The van der Waals surface area contributed by atoms with Gasteiger partial charge in [0, 0.05) is 16.7 Å². The predicted molar refractivity (Wildman–Crippen MR) is 55.0 cm³/mol. The van der Waals surface area contributed by atoms with E-state index in [0.717, 1.165) is 22.3 Å². The van der Waals surface area contributed by atoms with Crippen molar-refractivity contribution < 1.29 is 0 Å². The molecule has 0 radical (unpaired) electrons. The summed E-state index contributed by atoms with van der Waals surface area (Å²) >= 11 is 0. The Morgan fingerprint density at radius 1 is 0.923 bits per heavy atom. The first-order valence-electron chi connectivity index (χ1n) is 3.77. The first-order valence-corrected chi connectivity index (χ1v) is 3.77. The molecule has 0 N–H and O–H groups in total. The maximum Gasteiger partial charge on any atom is 0.0296 e. The van der Waals surface area contributed by atoms with Crippen LogP contribution in [-0.4, -0.2) is 0 Å². The van der Waals surface area contributed by atoms with Crippen molar-refractivity contribution in [2.45, 2.75) is 6.92 Å². The number of hydrogen-bond acceptors (Lipinski definition) is 0. The molecule has 0 saturated heterocycles. The van der Waals surface area contributed by atoms with E-state index in [0.29, 0.717) is 0 Å². The van der Waals surface area contributed by atoms with Crippen molar-refractivity contribution in [2.75, 3.05) is 0 Å². The fraction of sp³-hybridized carbons (Fsp3) is 0.0769. The highest BCUT2D eigenvalue weighted by atomic mass is 14.0. The number of terminal acetylenes is 3. The van der Waals surface area contributed by atoms with E-state index >= 15 is 0 Å². The summed E-state index contributed by atoms with van der Waals surface area (Å²) in [7, 11) is 0. The van der Waals surface area contributed by atoms with Gasteiger partial charge in [-0.2, -0.15) is 0 Å². The van der Waals surface area contributed by atoms with E-state index in [1.165, 1.54) is 0 Å². The fourth-order valence-electron chi connectivity index (χ4n) is 1.10. The van der Waals surface area contributed by atoms with Crippen molar-refractivity contribution >= 4 is 0 Å². The van der Waals surface area contributed by atoms with Crippen LogP contribution in [0.2, 0.25) is 0 Å². The smallest absolute Gasteiger partial charge is 0.0296 e. The molecule has 0 heterocycles. The van der Waals surface area contributed by atoms with E-state index in [-0.39, 0.29) is 0 Å². The lowest BCUT2D eigenvalue weighted by molar-refractivity contribution is 1.39. The zero-order valence-corrected chi connectivity index (χ0v) is 7.39. The Labute approximate surface area is 79.0 Å². The van der Waals surface area contributed by atoms with E-state index in [1.54, 1.807) is 12.1 Å². The van der Waals surface area contributed by atoms with Crippen molar-refractivity contribution in [3.8, 4) is 37.0 Å². The van der Waals surface area contributed by atoms with Crippen LogP contribution < -0.4 is 0 Å². The molecule has 0 fully saturated rings. The Hall–Kier alpha value is -2.10. The molecule has 0 aromatic heterocycles. The molecule has 0 nitrogen and oxygen atoms in total. The van der Waals surface area contributed by atoms with Crippen LogP contribution in [0.4, 0.5) is 0 Å². The number of hydrogen-bond donors (Lipinski definition) is 0. The number of rotatable bonds is 0. The van der Waals surface area contributed by atoms with Crippen molar-refractivity contribution in [1.82, 2.24) is 0 Å². The average Bonchev–Trinajstić information content (AvgIpc) is 2.18. The first-order chi connectivity index (χ1) is 6.22. The third-order valence-corrected chi connectivity index (χ3v) is 1.89. The van der Waals surface area contributed by atoms with Gasteiger partial charge in [-0.3, -0.25) is 0 Å². The van der Waals surface area contributed by atoms with Gasteiger partial charge in [-0.05, 0) is 24.6 Å². The Morgan fingerprint density at radius 3 is 1.69 bits per heavy atom. The molecule has 0 unspecified atom stereocenters. The Balaban J connectivity index is 3.53. The summed E-state index contributed by atoms with van der Waals surface area (Å²) in [6, 6.07) is 3.58. The first kappa shape index (κ1) is 8.99. The second kappa shape index (κ2) is 3.53. The molecule has 0 aliphatic heterocycles. The highest BCUT2D eigenvalue weighted by Crippen LogP contribution is 2.14. The van der Waals surface area contributed by atoms with Gasteiger partial charge < -0.3 is 0 Å². The maximum atomic E-state index is 5.31. The zero-order valence-electron chi connectivity index (χ0n) is 7.39. The van der Waals surface area contributed by atoms with Crippen LogP contribution in [0.15, 0.2) is 12.1 Å². The Kier molecular flexibility index (Phi) is 2.44. The molecule has 0 atom stereocenters. The molecule has 0 heteroatoms. The van der Waals surface area contributed by atoms with Gasteiger partial charge in [0.1, 0.15) is 0 Å². The molecule has 60 valence electrons. The summed E-state index contributed by atoms with van der Waals surface area (Å²) in [5.74, 6) is 7.62. The van der Waals surface area contributed by atoms with Crippen molar-refractivity contribution in [3.05, 3.63) is 34.4 Å². The predicted octanol–water partition coefficient (Wildman–Crippen LogP) is 1.94. The summed E-state index contributed by atoms with van der Waals surface area (Å²) in [6.07, 6.45) is 15.9. The van der Waals surface area contributed by atoms with Gasteiger partial charge in [-0.1, -0.05) is 17.8 Å². The maximum absolute atomic E-state index is 5.31. The largest absolute Gasteiger partial charge is 0.115 e. The van der Waals surface area contributed by atoms with E-state index in [4.69, 9.17) is 19.3 Å². The van der Waals surface area contributed by atoms with Crippen molar-refractivity contribution in [2.24, 2.45) is 0 Å². The normalized spacial score (nSPS) is 8.15. The SMILES string of the molecule is C#Cc1cc(C#C)c(C)c(C#C)c1. The molecule has 0 saturated carbocycles. The summed E-state index contributed by atoms with van der Waals surface area (Å²) in [5.41, 5.74) is 3.20. The Bertz CT molecular complexity index is 421. The van der Waals surface area contributed by atoms with Crippen molar-refractivity contribution in [1.29, 1.82) is 0 Å². The van der Waals surface area contributed by atoms with Gasteiger partial charge in [-0.15, -0.1) is 19.3 Å². The highest BCUT2D eigenvalue weighted by Gasteiger charge is 2.02. The van der Waals surface area contributed by atoms with E-state index < -0.39 is 0 Å². The monoisotopic (exact) mass is 164 g/mol. The zero-order chi connectivity index (χ0) is 9.84. The van der Waals surface area contributed by atoms with E-state index in [1.807, 2.05) is 6.92 Å². The summed E-state index contributed by atoms with van der Waals surface area (Å²) in [4.78, 5) is 0. The standard InChI is InChI=1S/C13H8/c1-5-11-8-12(6-2)10(4)13(7-3)9-11/h1-3,8-9H,4H3. The lowest BCUT2D eigenvalue weighted by Crippen LogP contribution is -1.90. The molecule has 1 rings (SSSR count). The fourth-order valence-corrected chi connectivity index (χ4v) is 1.10. The minimum atomic E-state index is 0.728. The second-order valence-corrected chi connectivity index (χ2v) is 2.63. The average molecular weight is 164 g/mol. The van der Waals surface area contributed by atoms with E-state index in [9.17, 15) is 0 Å². The van der Waals surface area contributed by atoms with Crippen LogP contribution >= 0.6 is 0 Å². The summed E-state index contributed by atoms with van der Waals surface area (Å²) in [6.45, 7) is 1.89. The topological polar surface area (TPSA) is 0 Å². The van der Waals surface area contributed by atoms with Crippen LogP contribution in [-0.2, 0) is 0 Å². The third kappa shape index (κ3) is 1.56. The van der Waals surface area contributed by atoms with Gasteiger partial charge in [0.25, 0.3) is 0 Å². The molecule has 1 aromatic carbocycles. The molecule has 0 amide bonds. The Morgan fingerprint density at radius 2 is 1.38 bits per heavy atom. The van der Waals surface area contributed by atoms with Crippen molar-refractivity contribution in [3.63, 3.8) is 0 Å². The van der Waals surface area contributed by atoms with Crippen LogP contribution in [0.5, 0.6) is 0 Å². The van der Waals surface area contributed by atoms with Gasteiger partial charge in [-0.25, -0.2) is 0 Å². The molecule has 0 aliphatic rings. The number of benzene rings is 1. The molecule has 0 bridgehead atoms. The molecule has 0 spiro atoms. The third-order valence-electron chi connectivity index (χ3n) is 1.89. The highest BCUT2D eigenvalue weighted by molar-refractivity contribution is 5.55. The quantitative estimate of drug-likeness (QED) is 0.514. The lowest BCUT2D eigenvalue weighted by atomic mass is 10.00. The van der Waals surface area contributed by atoms with E-state index in [2.05, 4.69) is 17.8 Å². The minimum Gasteiger partial charge on any atom is -0.115 e. The minimum absolute atomic E-state index is 0.728. The van der Waals surface area contributed by atoms with Gasteiger partial charge in [0.2, 0.25) is 0 Å². The van der Waals surface area contributed by atoms with Crippen LogP contribution in [0.3, 0.4) is 0 Å². The molecular weight excluding hydrogens is 156 g/mol. The van der Waals surface area contributed by atoms with Crippen LogP contribution in [0, 0.1) is 44.0 Å². The molecule has 1 aromatic rings. The lowest BCUT2D eigenvalue weighted by Gasteiger charge is -2.02. The van der Waals surface area contributed by atoms with Gasteiger partial charge in [0.15, 0.2) is 0 Å². The molecular formula is C13H8.